The molecule has 2 aromatic carbocycles. The molecule has 3 N–H and O–H groups in total. The zero-order chi connectivity index (χ0) is 17.0. The van der Waals surface area contributed by atoms with Crippen LogP contribution >= 0.6 is 0 Å². The fraction of sp³-hybridized carbons (Fsp3) is 0.222. The Kier molecular flexibility index (Phi) is 2.84. The fourth-order valence-corrected chi connectivity index (χ4v) is 3.45. The molecule has 126 valence electrons. The van der Waals surface area contributed by atoms with E-state index in [4.69, 9.17) is 15.3 Å². The molecule has 0 amide bonds. The van der Waals surface area contributed by atoms with Gasteiger partial charge < -0.3 is 10.5 Å². The van der Waals surface area contributed by atoms with Gasteiger partial charge in [0.15, 0.2) is 0 Å². The molecule has 5 rings (SSSR count). The number of ether oxygens (including phenoxy) is 1. The molecule has 7 nitrogen and oxygen atoms in total. The minimum Gasteiger partial charge on any atom is -0.493 e. The van der Waals surface area contributed by atoms with E-state index in [1.165, 1.54) is 5.06 Å². The van der Waals surface area contributed by atoms with Crippen LogP contribution in [-0.4, -0.2) is 34.9 Å². The lowest BCUT2D eigenvalue weighted by molar-refractivity contribution is -0.183. The Morgan fingerprint density at radius 1 is 1.20 bits per heavy atom. The first kappa shape index (κ1) is 14.3. The van der Waals surface area contributed by atoms with E-state index in [0.29, 0.717) is 19.0 Å². The number of fused-ring (bicyclic) bond motifs is 3. The third-order valence-electron chi connectivity index (χ3n) is 4.78. The summed E-state index contributed by atoms with van der Waals surface area (Å²) < 4.78 is 5.80. The number of aromatic amines is 1. The van der Waals surface area contributed by atoms with E-state index in [0.717, 1.165) is 33.3 Å². The summed E-state index contributed by atoms with van der Waals surface area (Å²) in [5.41, 5.74) is 9.18. The molecule has 0 aliphatic carbocycles. The smallest absolute Gasteiger partial charge is 0.221 e. The normalized spacial score (nSPS) is 22.1. The maximum atomic E-state index is 5.99. The van der Waals surface area contributed by atoms with Crippen molar-refractivity contribution in [1.82, 2.24) is 15.3 Å². The first-order valence-electron chi connectivity index (χ1n) is 8.14. The average molecular weight is 335 g/mol. The van der Waals surface area contributed by atoms with Gasteiger partial charge >= 0.3 is 0 Å². The number of benzene rings is 2. The molecule has 0 bridgehead atoms. The van der Waals surface area contributed by atoms with Crippen LogP contribution in [0, 0.1) is 0 Å². The number of nitrogens with one attached hydrogen (secondary N) is 1. The predicted molar refractivity (Wildman–Crippen MR) is 93.8 cm³/mol. The van der Waals surface area contributed by atoms with Gasteiger partial charge in [-0.05, 0) is 29.3 Å². The highest BCUT2D eigenvalue weighted by Gasteiger charge is 2.45. The number of H-pyrrole nitrogens is 1. The van der Waals surface area contributed by atoms with Gasteiger partial charge in [-0.2, -0.15) is 5.10 Å². The Morgan fingerprint density at radius 2 is 2.04 bits per heavy atom. The molecule has 7 heteroatoms. The van der Waals surface area contributed by atoms with Crippen LogP contribution in [-0.2, 0) is 10.6 Å². The molecule has 2 aliphatic heterocycles. The van der Waals surface area contributed by atoms with E-state index in [1.54, 1.807) is 7.05 Å². The van der Waals surface area contributed by atoms with Gasteiger partial charge in [0.05, 0.1) is 23.9 Å². The average Bonchev–Trinajstić information content (AvgIpc) is 3.19. The van der Waals surface area contributed by atoms with Crippen LogP contribution in [0.5, 0.6) is 5.75 Å². The third kappa shape index (κ3) is 2.09. The lowest BCUT2D eigenvalue weighted by atomic mass is 9.93. The second-order valence-electron chi connectivity index (χ2n) is 6.32. The Bertz CT molecular complexity index is 1010. The van der Waals surface area contributed by atoms with Crippen LogP contribution in [0.4, 0.5) is 0 Å². The maximum absolute atomic E-state index is 5.99. The largest absolute Gasteiger partial charge is 0.493 e. The molecule has 1 aromatic heterocycles. The molecule has 0 saturated carbocycles. The summed E-state index contributed by atoms with van der Waals surface area (Å²) in [6.07, 6.45) is 2.43. The van der Waals surface area contributed by atoms with E-state index >= 15 is 0 Å². The molecular formula is C18H17N5O2. The summed E-state index contributed by atoms with van der Waals surface area (Å²) in [7, 11) is 1.76. The first-order chi connectivity index (χ1) is 12.1. The van der Waals surface area contributed by atoms with Gasteiger partial charge in [-0.25, -0.2) is 14.9 Å². The van der Waals surface area contributed by atoms with E-state index in [9.17, 15) is 0 Å². The van der Waals surface area contributed by atoms with Crippen LogP contribution in [0.2, 0.25) is 0 Å². The lowest BCUT2D eigenvalue weighted by Gasteiger charge is -2.32. The molecule has 1 unspecified atom stereocenters. The summed E-state index contributed by atoms with van der Waals surface area (Å²) in [5.74, 6) is 1.15. The van der Waals surface area contributed by atoms with Gasteiger partial charge in [0.1, 0.15) is 5.75 Å². The predicted octanol–water partition coefficient (Wildman–Crippen LogP) is 2.36. The van der Waals surface area contributed by atoms with Crippen molar-refractivity contribution in [3.05, 3.63) is 48.2 Å². The van der Waals surface area contributed by atoms with Crippen molar-refractivity contribution in [2.75, 3.05) is 13.7 Å². The Balaban J connectivity index is 1.65. The lowest BCUT2D eigenvalue weighted by Crippen LogP contribution is -2.35. The number of rotatable bonds is 1. The van der Waals surface area contributed by atoms with Crippen LogP contribution in [0.25, 0.3) is 22.0 Å². The summed E-state index contributed by atoms with van der Waals surface area (Å²) in [4.78, 5) is 10.6. The number of aromatic nitrogens is 2. The topological polar surface area (TPSA) is 88.8 Å². The van der Waals surface area contributed by atoms with Gasteiger partial charge in [0.25, 0.3) is 0 Å². The molecule has 3 aromatic rings. The van der Waals surface area contributed by atoms with E-state index in [1.807, 2.05) is 18.3 Å². The number of hydrogen-bond donors (Lipinski definition) is 2. The Hall–Kier alpha value is -3.06. The SMILES string of the molecule is CN1OC2(CCOc3ccc(-c4ccc5cn[nH]c5c4)cc32)N=C1N. The second-order valence-corrected chi connectivity index (χ2v) is 6.32. The molecule has 2 aliphatic rings. The highest BCUT2D eigenvalue weighted by molar-refractivity contribution is 5.84. The summed E-state index contributed by atoms with van der Waals surface area (Å²) in [6.45, 7) is 0.539. The number of nitrogens with zero attached hydrogens (tertiary/aromatic N) is 3. The van der Waals surface area contributed by atoms with Crippen molar-refractivity contribution in [3.8, 4) is 16.9 Å². The molecule has 0 radical (unpaired) electrons. The third-order valence-corrected chi connectivity index (χ3v) is 4.78. The van der Waals surface area contributed by atoms with Crippen molar-refractivity contribution < 1.29 is 9.57 Å². The van der Waals surface area contributed by atoms with E-state index < -0.39 is 5.72 Å². The zero-order valence-corrected chi connectivity index (χ0v) is 13.7. The Morgan fingerprint density at radius 3 is 2.88 bits per heavy atom. The van der Waals surface area contributed by atoms with E-state index in [2.05, 4.69) is 39.5 Å². The monoisotopic (exact) mass is 335 g/mol. The van der Waals surface area contributed by atoms with Crippen LogP contribution in [0.1, 0.15) is 12.0 Å². The van der Waals surface area contributed by atoms with Crippen molar-refractivity contribution in [1.29, 1.82) is 0 Å². The highest BCUT2D eigenvalue weighted by atomic mass is 16.7. The van der Waals surface area contributed by atoms with Crippen LogP contribution in [0.15, 0.2) is 47.6 Å². The molecule has 25 heavy (non-hydrogen) atoms. The molecule has 1 spiro atoms. The first-order valence-corrected chi connectivity index (χ1v) is 8.14. The fourth-order valence-electron chi connectivity index (χ4n) is 3.45. The van der Waals surface area contributed by atoms with Gasteiger partial charge in [-0.15, -0.1) is 0 Å². The van der Waals surface area contributed by atoms with Crippen molar-refractivity contribution in [3.63, 3.8) is 0 Å². The number of hydrogen-bond acceptors (Lipinski definition) is 6. The number of hydroxylamine groups is 2. The van der Waals surface area contributed by atoms with Crippen molar-refractivity contribution >= 4 is 16.9 Å². The minimum atomic E-state index is -0.805. The number of nitrogens with two attached hydrogens (primary N) is 1. The standard InChI is InChI=1S/C18H17N5O2/c1-23-17(19)21-18(25-23)6-7-24-16-5-4-11(8-14(16)18)12-2-3-13-10-20-22-15(13)9-12/h2-5,8-10H,6-7H2,1H3,(H2,19,21)(H,20,22). The molecule has 0 fully saturated rings. The van der Waals surface area contributed by atoms with Crippen LogP contribution in [0.3, 0.4) is 0 Å². The Labute approximate surface area is 144 Å². The molecular weight excluding hydrogens is 318 g/mol. The summed E-state index contributed by atoms with van der Waals surface area (Å²) in [5, 5.41) is 9.68. The quantitative estimate of drug-likeness (QED) is 0.713. The van der Waals surface area contributed by atoms with Gasteiger partial charge in [-0.3, -0.25) is 5.10 Å². The van der Waals surface area contributed by atoms with E-state index in [-0.39, 0.29) is 0 Å². The summed E-state index contributed by atoms with van der Waals surface area (Å²) in [6, 6.07) is 12.3. The second kappa shape index (κ2) is 4.97. The van der Waals surface area contributed by atoms with Gasteiger partial charge in [0.2, 0.25) is 11.7 Å². The molecule has 3 heterocycles. The molecule has 0 saturated heterocycles. The van der Waals surface area contributed by atoms with Crippen molar-refractivity contribution in [2.24, 2.45) is 10.7 Å². The van der Waals surface area contributed by atoms with Crippen molar-refractivity contribution in [2.45, 2.75) is 12.1 Å². The minimum absolute atomic E-state index is 0.372. The zero-order valence-electron chi connectivity index (χ0n) is 13.7. The van der Waals surface area contributed by atoms with Gasteiger partial charge in [0, 0.05) is 18.9 Å². The molecule has 1 atom stereocenters. The number of aliphatic imine (C=N–C) groups is 1. The summed E-state index contributed by atoms with van der Waals surface area (Å²) >= 11 is 0. The maximum Gasteiger partial charge on any atom is 0.221 e. The highest BCUT2D eigenvalue weighted by Crippen LogP contribution is 2.45. The number of guanidine groups is 1. The van der Waals surface area contributed by atoms with Gasteiger partial charge in [-0.1, -0.05) is 18.2 Å². The van der Waals surface area contributed by atoms with Crippen LogP contribution < -0.4 is 10.5 Å².